The second-order valence-corrected chi connectivity index (χ2v) is 4.72. The fraction of sp³-hybridized carbons (Fsp3) is 0. The highest BCUT2D eigenvalue weighted by Gasteiger charge is 2.06. The summed E-state index contributed by atoms with van der Waals surface area (Å²) in [5.74, 6) is -0.252. The summed E-state index contributed by atoms with van der Waals surface area (Å²) >= 11 is 3.11. The molecule has 0 aliphatic heterocycles. The van der Waals surface area contributed by atoms with Crippen molar-refractivity contribution in [2.45, 2.75) is 0 Å². The summed E-state index contributed by atoms with van der Waals surface area (Å²) in [4.78, 5) is 2.92. The Hall–Kier alpha value is -0.930. The normalized spacial score (nSPS) is 12.0. The molecule has 0 fully saturated rings. The molecule has 0 amide bonds. The minimum Gasteiger partial charge on any atom is -0.206 e. The highest BCUT2D eigenvalue weighted by molar-refractivity contribution is 7.21. The molecule has 0 atom stereocenters. The third kappa shape index (κ3) is 1.79. The fourth-order valence-electron chi connectivity index (χ4n) is 1.12. The second kappa shape index (κ2) is 4.07. The van der Waals surface area contributed by atoms with Crippen LogP contribution >= 0.6 is 22.7 Å². The topological polar surface area (TPSA) is 0 Å². The van der Waals surface area contributed by atoms with Crippen LogP contribution in [0.1, 0.15) is 4.88 Å². The summed E-state index contributed by atoms with van der Waals surface area (Å²) in [6, 6.07) is 7.75. The van der Waals surface area contributed by atoms with Gasteiger partial charge in [0, 0.05) is 9.75 Å². The third-order valence-electron chi connectivity index (χ3n) is 1.78. The molecule has 71 valence electrons. The van der Waals surface area contributed by atoms with Crippen LogP contribution in [0, 0.1) is 6.92 Å². The van der Waals surface area contributed by atoms with Gasteiger partial charge in [0.1, 0.15) is 5.83 Å². The van der Waals surface area contributed by atoms with Gasteiger partial charge in [-0.15, -0.1) is 22.7 Å². The quantitative estimate of drug-likeness (QED) is 0.696. The smallest absolute Gasteiger partial charge is 0.136 e. The number of thiophene rings is 2. The maximum atomic E-state index is 13.1. The van der Waals surface area contributed by atoms with E-state index in [1.807, 2.05) is 23.6 Å². The van der Waals surface area contributed by atoms with Gasteiger partial charge in [-0.1, -0.05) is 6.07 Å². The van der Waals surface area contributed by atoms with Gasteiger partial charge in [0.2, 0.25) is 0 Å². The molecule has 0 nitrogen and oxygen atoms in total. The molecule has 0 N–H and O–H groups in total. The van der Waals surface area contributed by atoms with Gasteiger partial charge in [-0.25, -0.2) is 4.39 Å². The predicted octanol–water partition coefficient (Wildman–Crippen LogP) is 4.62. The molecule has 14 heavy (non-hydrogen) atoms. The summed E-state index contributed by atoms with van der Waals surface area (Å²) in [6.07, 6.45) is 1.24. The van der Waals surface area contributed by atoms with Crippen LogP contribution in [0.4, 0.5) is 4.39 Å². The standard InChI is InChI=1S/C11H8FS2/c1-2-8(12)9-5-6-11(14-9)10-4-3-7-13-10/h2-7H,1H2/b8-2-. The van der Waals surface area contributed by atoms with Crippen LogP contribution in [0.15, 0.2) is 35.7 Å². The van der Waals surface area contributed by atoms with Crippen LogP contribution in [-0.2, 0) is 0 Å². The molecule has 0 aliphatic carbocycles. The van der Waals surface area contributed by atoms with Crippen molar-refractivity contribution in [2.75, 3.05) is 0 Å². The first-order valence-corrected chi connectivity index (χ1v) is 5.80. The molecule has 2 aromatic heterocycles. The first-order valence-electron chi connectivity index (χ1n) is 4.10. The molecule has 0 aliphatic rings. The van der Waals surface area contributed by atoms with Gasteiger partial charge < -0.3 is 0 Å². The number of rotatable bonds is 2. The van der Waals surface area contributed by atoms with E-state index < -0.39 is 0 Å². The van der Waals surface area contributed by atoms with Crippen molar-refractivity contribution in [1.82, 2.24) is 0 Å². The van der Waals surface area contributed by atoms with Gasteiger partial charge in [0.15, 0.2) is 0 Å². The van der Waals surface area contributed by atoms with E-state index in [1.165, 1.54) is 22.3 Å². The minimum atomic E-state index is -0.252. The summed E-state index contributed by atoms with van der Waals surface area (Å²) in [6.45, 7) is 3.41. The SMILES string of the molecule is [CH2]/C=C(\F)c1ccc(-c2cccs2)s1. The molecule has 0 saturated heterocycles. The summed E-state index contributed by atoms with van der Waals surface area (Å²) in [7, 11) is 0. The second-order valence-electron chi connectivity index (χ2n) is 2.69. The predicted molar refractivity (Wildman–Crippen MR) is 62.1 cm³/mol. The molecule has 0 saturated carbocycles. The molecule has 3 heteroatoms. The molecule has 2 heterocycles. The van der Waals surface area contributed by atoms with Gasteiger partial charge in [-0.05, 0) is 36.6 Å². The van der Waals surface area contributed by atoms with E-state index in [9.17, 15) is 4.39 Å². The van der Waals surface area contributed by atoms with Gasteiger partial charge >= 0.3 is 0 Å². The number of halogens is 1. The third-order valence-corrected chi connectivity index (χ3v) is 3.94. The summed E-state index contributed by atoms with van der Waals surface area (Å²) in [5, 5.41) is 2.02. The number of allylic oxidation sites excluding steroid dienone is 1. The van der Waals surface area contributed by atoms with E-state index in [-0.39, 0.29) is 5.83 Å². The van der Waals surface area contributed by atoms with Gasteiger partial charge in [0.25, 0.3) is 0 Å². The Bertz CT molecular complexity index is 438. The van der Waals surface area contributed by atoms with Crippen molar-refractivity contribution >= 4 is 28.5 Å². The first-order chi connectivity index (χ1) is 6.81. The lowest BCUT2D eigenvalue weighted by Crippen LogP contribution is -1.64. The van der Waals surface area contributed by atoms with E-state index in [4.69, 9.17) is 0 Å². The Kier molecular flexibility index (Phi) is 2.79. The average molecular weight is 223 g/mol. The lowest BCUT2D eigenvalue weighted by Gasteiger charge is -1.89. The molecule has 2 rings (SSSR count). The van der Waals surface area contributed by atoms with Crippen LogP contribution in [0.5, 0.6) is 0 Å². The Morgan fingerprint density at radius 1 is 1.29 bits per heavy atom. The maximum absolute atomic E-state index is 13.1. The van der Waals surface area contributed by atoms with Crippen LogP contribution in [-0.4, -0.2) is 0 Å². The molecule has 0 unspecified atom stereocenters. The zero-order chi connectivity index (χ0) is 9.97. The summed E-state index contributed by atoms with van der Waals surface area (Å²) in [5.41, 5.74) is 0. The van der Waals surface area contributed by atoms with Gasteiger partial charge in [-0.3, -0.25) is 0 Å². The van der Waals surface area contributed by atoms with Gasteiger partial charge in [0.05, 0.1) is 4.88 Å². The molecule has 0 bridgehead atoms. The van der Waals surface area contributed by atoms with E-state index in [1.54, 1.807) is 17.4 Å². The van der Waals surface area contributed by atoms with Crippen molar-refractivity contribution < 1.29 is 4.39 Å². The van der Waals surface area contributed by atoms with E-state index in [2.05, 4.69) is 6.92 Å². The monoisotopic (exact) mass is 223 g/mol. The molecule has 0 spiro atoms. The molecular formula is C11H8FS2. The molecular weight excluding hydrogens is 215 g/mol. The van der Waals surface area contributed by atoms with Crippen LogP contribution in [0.3, 0.4) is 0 Å². The molecule has 2 aromatic rings. The van der Waals surface area contributed by atoms with Crippen molar-refractivity contribution in [2.24, 2.45) is 0 Å². The Labute approximate surface area is 90.3 Å². The first kappa shape index (κ1) is 9.62. The number of hydrogen-bond donors (Lipinski definition) is 0. The van der Waals surface area contributed by atoms with Crippen LogP contribution in [0.25, 0.3) is 15.6 Å². The van der Waals surface area contributed by atoms with E-state index >= 15 is 0 Å². The van der Waals surface area contributed by atoms with E-state index in [0.29, 0.717) is 4.88 Å². The molecule has 1 radical (unpaired) electrons. The zero-order valence-electron chi connectivity index (χ0n) is 7.37. The van der Waals surface area contributed by atoms with Crippen molar-refractivity contribution in [3.63, 3.8) is 0 Å². The zero-order valence-corrected chi connectivity index (χ0v) is 9.00. The van der Waals surface area contributed by atoms with Crippen molar-refractivity contribution in [1.29, 1.82) is 0 Å². The van der Waals surface area contributed by atoms with Crippen LogP contribution < -0.4 is 0 Å². The number of hydrogen-bond acceptors (Lipinski definition) is 2. The maximum Gasteiger partial charge on any atom is 0.136 e. The average Bonchev–Trinajstić information content (AvgIpc) is 2.86. The lowest BCUT2D eigenvalue weighted by atomic mass is 10.3. The molecule has 0 aromatic carbocycles. The Morgan fingerprint density at radius 2 is 2.14 bits per heavy atom. The van der Waals surface area contributed by atoms with Crippen molar-refractivity contribution in [3.8, 4) is 9.75 Å². The lowest BCUT2D eigenvalue weighted by molar-refractivity contribution is 0.764. The highest BCUT2D eigenvalue weighted by atomic mass is 32.1. The van der Waals surface area contributed by atoms with E-state index in [0.717, 1.165) is 4.88 Å². The van der Waals surface area contributed by atoms with Crippen molar-refractivity contribution in [3.05, 3.63) is 47.5 Å². The highest BCUT2D eigenvalue weighted by Crippen LogP contribution is 2.34. The van der Waals surface area contributed by atoms with Gasteiger partial charge in [-0.2, -0.15) is 0 Å². The van der Waals surface area contributed by atoms with Crippen LogP contribution in [0.2, 0.25) is 0 Å². The fourth-order valence-corrected chi connectivity index (χ4v) is 2.89. The largest absolute Gasteiger partial charge is 0.206 e. The Morgan fingerprint density at radius 3 is 2.79 bits per heavy atom. The summed E-state index contributed by atoms with van der Waals surface area (Å²) < 4.78 is 13.1. The Balaban J connectivity index is 2.36. The minimum absolute atomic E-state index is 0.252.